The van der Waals surface area contributed by atoms with Gasteiger partial charge in [-0.15, -0.1) is 0 Å². The normalized spacial score (nSPS) is 10.2. The van der Waals surface area contributed by atoms with Crippen molar-refractivity contribution < 1.29 is 9.90 Å². The van der Waals surface area contributed by atoms with Gasteiger partial charge in [0, 0.05) is 5.56 Å². The van der Waals surface area contributed by atoms with Crippen LogP contribution in [0.4, 0.5) is 0 Å². The maximum Gasteiger partial charge on any atom is 0.335 e. The minimum absolute atomic E-state index is 0.321. The molecule has 0 spiro atoms. The van der Waals surface area contributed by atoms with Gasteiger partial charge in [0.25, 0.3) is 0 Å². The molecule has 0 atom stereocenters. The van der Waals surface area contributed by atoms with E-state index in [4.69, 9.17) is 5.11 Å². The molecule has 0 saturated carbocycles. The van der Waals surface area contributed by atoms with Crippen LogP contribution in [0.2, 0.25) is 0 Å². The number of aromatic nitrogens is 2. The molecule has 1 aromatic heterocycles. The molecular weight excluding hydrogens is 192 g/mol. The van der Waals surface area contributed by atoms with Crippen molar-refractivity contribution in [2.24, 2.45) is 0 Å². The first-order chi connectivity index (χ1) is 7.18. The fourth-order valence-electron chi connectivity index (χ4n) is 1.43. The number of aryl methyl sites for hydroxylation is 1. The van der Waals surface area contributed by atoms with E-state index in [9.17, 15) is 4.79 Å². The summed E-state index contributed by atoms with van der Waals surface area (Å²) in [5.41, 5.74) is 2.72. The number of aromatic amines is 1. The molecule has 1 aromatic carbocycles. The van der Waals surface area contributed by atoms with Crippen LogP contribution in [0.1, 0.15) is 15.9 Å². The lowest BCUT2D eigenvalue weighted by atomic mass is 10.0. The van der Waals surface area contributed by atoms with E-state index in [2.05, 4.69) is 9.97 Å². The summed E-state index contributed by atoms with van der Waals surface area (Å²) in [6.45, 7) is 1.78. The minimum Gasteiger partial charge on any atom is -0.478 e. The molecule has 0 bridgehead atoms. The van der Waals surface area contributed by atoms with Crippen LogP contribution < -0.4 is 0 Å². The van der Waals surface area contributed by atoms with E-state index >= 15 is 0 Å². The number of imidazole rings is 1. The molecule has 0 fully saturated rings. The molecule has 1 heterocycles. The summed E-state index contributed by atoms with van der Waals surface area (Å²) in [6, 6.07) is 5.31. The maximum absolute atomic E-state index is 10.9. The zero-order chi connectivity index (χ0) is 10.8. The monoisotopic (exact) mass is 202 g/mol. The van der Waals surface area contributed by atoms with E-state index in [0.29, 0.717) is 5.56 Å². The van der Waals surface area contributed by atoms with Crippen molar-refractivity contribution in [3.8, 4) is 11.3 Å². The lowest BCUT2D eigenvalue weighted by Crippen LogP contribution is -1.99. The van der Waals surface area contributed by atoms with Gasteiger partial charge in [0.05, 0.1) is 23.8 Å². The lowest BCUT2D eigenvalue weighted by molar-refractivity contribution is 0.0696. The Morgan fingerprint density at radius 3 is 2.87 bits per heavy atom. The van der Waals surface area contributed by atoms with Crippen LogP contribution >= 0.6 is 0 Å². The summed E-state index contributed by atoms with van der Waals surface area (Å²) in [5, 5.41) is 8.96. The van der Waals surface area contributed by atoms with Crippen LogP contribution in [0.15, 0.2) is 30.7 Å². The highest BCUT2D eigenvalue weighted by Crippen LogP contribution is 2.19. The Labute approximate surface area is 86.6 Å². The largest absolute Gasteiger partial charge is 0.478 e. The quantitative estimate of drug-likeness (QED) is 0.783. The Bertz CT molecular complexity index is 489. The van der Waals surface area contributed by atoms with E-state index in [-0.39, 0.29) is 0 Å². The average molecular weight is 202 g/mol. The first-order valence-corrected chi connectivity index (χ1v) is 4.51. The molecule has 2 N–H and O–H groups in total. The summed E-state index contributed by atoms with van der Waals surface area (Å²) >= 11 is 0. The van der Waals surface area contributed by atoms with E-state index in [0.717, 1.165) is 16.8 Å². The Hall–Kier alpha value is -2.10. The number of carboxylic acids is 1. The average Bonchev–Trinajstić information content (AvgIpc) is 2.71. The predicted octanol–water partition coefficient (Wildman–Crippen LogP) is 2.08. The Morgan fingerprint density at radius 1 is 1.47 bits per heavy atom. The van der Waals surface area contributed by atoms with Crippen molar-refractivity contribution in [1.82, 2.24) is 9.97 Å². The van der Waals surface area contributed by atoms with Gasteiger partial charge in [-0.25, -0.2) is 9.78 Å². The number of benzene rings is 1. The van der Waals surface area contributed by atoms with Crippen molar-refractivity contribution in [3.05, 3.63) is 41.9 Å². The van der Waals surface area contributed by atoms with E-state index in [1.54, 1.807) is 31.6 Å². The molecular formula is C11H10N2O2. The predicted molar refractivity (Wildman–Crippen MR) is 55.7 cm³/mol. The van der Waals surface area contributed by atoms with Crippen LogP contribution in [0.5, 0.6) is 0 Å². The minimum atomic E-state index is -0.908. The summed E-state index contributed by atoms with van der Waals surface area (Å²) in [6.07, 6.45) is 3.23. The lowest BCUT2D eigenvalue weighted by Gasteiger charge is -2.03. The van der Waals surface area contributed by atoms with Gasteiger partial charge in [-0.1, -0.05) is 12.1 Å². The van der Waals surface area contributed by atoms with Gasteiger partial charge in [-0.05, 0) is 18.6 Å². The third kappa shape index (κ3) is 1.74. The molecule has 0 aliphatic rings. The fraction of sp³-hybridized carbons (Fsp3) is 0.0909. The standard InChI is InChI=1S/C11H10N2O2/c1-7-2-3-8(4-9(7)11(14)15)10-5-12-6-13-10/h2-6H,1H3,(H,12,13)(H,14,15). The SMILES string of the molecule is Cc1ccc(-c2cnc[nH]2)cc1C(=O)O. The number of carbonyl (C=O) groups is 1. The highest BCUT2D eigenvalue weighted by atomic mass is 16.4. The van der Waals surface area contributed by atoms with Crippen molar-refractivity contribution >= 4 is 5.97 Å². The number of carboxylic acid groups (broad SMARTS) is 1. The number of aromatic carboxylic acids is 1. The Morgan fingerprint density at radius 2 is 2.27 bits per heavy atom. The van der Waals surface area contributed by atoms with E-state index < -0.39 is 5.97 Å². The van der Waals surface area contributed by atoms with Crippen LogP contribution in [0, 0.1) is 6.92 Å². The van der Waals surface area contributed by atoms with Crippen LogP contribution in [0.25, 0.3) is 11.3 Å². The highest BCUT2D eigenvalue weighted by Gasteiger charge is 2.08. The fourth-order valence-corrected chi connectivity index (χ4v) is 1.43. The summed E-state index contributed by atoms with van der Waals surface area (Å²) in [5.74, 6) is -0.908. The number of H-pyrrole nitrogens is 1. The van der Waals surface area contributed by atoms with Gasteiger partial charge in [-0.2, -0.15) is 0 Å². The summed E-state index contributed by atoms with van der Waals surface area (Å²) in [4.78, 5) is 17.7. The second-order valence-corrected chi connectivity index (χ2v) is 3.30. The molecule has 0 amide bonds. The molecule has 0 saturated heterocycles. The van der Waals surface area contributed by atoms with Gasteiger partial charge < -0.3 is 10.1 Å². The van der Waals surface area contributed by atoms with Crippen molar-refractivity contribution in [3.63, 3.8) is 0 Å². The molecule has 4 heteroatoms. The third-order valence-electron chi connectivity index (χ3n) is 2.28. The number of rotatable bonds is 2. The summed E-state index contributed by atoms with van der Waals surface area (Å²) in [7, 11) is 0. The van der Waals surface area contributed by atoms with Gasteiger partial charge in [0.2, 0.25) is 0 Å². The Balaban J connectivity index is 2.52. The van der Waals surface area contributed by atoms with E-state index in [1.165, 1.54) is 0 Å². The second kappa shape index (κ2) is 3.57. The molecule has 2 aromatic rings. The van der Waals surface area contributed by atoms with Gasteiger partial charge >= 0.3 is 5.97 Å². The van der Waals surface area contributed by atoms with Crippen molar-refractivity contribution in [1.29, 1.82) is 0 Å². The first-order valence-electron chi connectivity index (χ1n) is 4.51. The van der Waals surface area contributed by atoms with E-state index in [1.807, 2.05) is 6.07 Å². The van der Waals surface area contributed by atoms with Gasteiger partial charge in [-0.3, -0.25) is 0 Å². The number of nitrogens with zero attached hydrogens (tertiary/aromatic N) is 1. The molecule has 4 nitrogen and oxygen atoms in total. The van der Waals surface area contributed by atoms with Crippen molar-refractivity contribution in [2.45, 2.75) is 6.92 Å². The zero-order valence-electron chi connectivity index (χ0n) is 8.19. The molecule has 15 heavy (non-hydrogen) atoms. The number of hydrogen-bond donors (Lipinski definition) is 2. The van der Waals surface area contributed by atoms with Crippen LogP contribution in [-0.2, 0) is 0 Å². The molecule has 0 radical (unpaired) electrons. The Kier molecular flexibility index (Phi) is 2.25. The maximum atomic E-state index is 10.9. The van der Waals surface area contributed by atoms with Crippen LogP contribution in [0.3, 0.4) is 0 Å². The highest BCUT2D eigenvalue weighted by molar-refractivity contribution is 5.90. The van der Waals surface area contributed by atoms with Gasteiger partial charge in [0.1, 0.15) is 0 Å². The third-order valence-corrected chi connectivity index (χ3v) is 2.28. The van der Waals surface area contributed by atoms with Crippen LogP contribution in [-0.4, -0.2) is 21.0 Å². The zero-order valence-corrected chi connectivity index (χ0v) is 8.19. The first kappa shape index (κ1) is 9.45. The molecule has 0 aliphatic heterocycles. The molecule has 0 unspecified atom stereocenters. The molecule has 76 valence electrons. The number of nitrogens with one attached hydrogen (secondary N) is 1. The molecule has 2 rings (SSSR count). The smallest absolute Gasteiger partial charge is 0.335 e. The topological polar surface area (TPSA) is 66.0 Å². The second-order valence-electron chi connectivity index (χ2n) is 3.30. The van der Waals surface area contributed by atoms with Gasteiger partial charge in [0.15, 0.2) is 0 Å². The summed E-state index contributed by atoms with van der Waals surface area (Å²) < 4.78 is 0. The number of hydrogen-bond acceptors (Lipinski definition) is 2. The van der Waals surface area contributed by atoms with Crippen molar-refractivity contribution in [2.75, 3.05) is 0 Å². The molecule has 0 aliphatic carbocycles.